The van der Waals surface area contributed by atoms with E-state index >= 15 is 0 Å². The Kier molecular flexibility index (Phi) is 5.89. The molecule has 0 bridgehead atoms. The second kappa shape index (κ2) is 8.74. The predicted molar refractivity (Wildman–Crippen MR) is 120 cm³/mol. The fourth-order valence-electron chi connectivity index (χ4n) is 4.27. The van der Waals surface area contributed by atoms with Crippen LogP contribution in [-0.4, -0.2) is 12.9 Å². The lowest BCUT2D eigenvalue weighted by atomic mass is 9.71. The molecular weight excluding hydrogens is 372 g/mol. The molecule has 3 aromatic rings. The standard InChI is InChI=1S/C27H28O3/c1-27(18-4-3-5-19-27)22-10-16-25(17-11-22)30-24-14-8-21(9-15-24)26(28)20-6-12-23(29-2)13-7-20/h6-17H,3-5,18-19H2,1-2H3. The van der Waals surface area contributed by atoms with Gasteiger partial charge in [0.05, 0.1) is 7.11 Å². The van der Waals surface area contributed by atoms with Gasteiger partial charge >= 0.3 is 0 Å². The van der Waals surface area contributed by atoms with Gasteiger partial charge in [-0.05, 0) is 84.5 Å². The first-order valence-corrected chi connectivity index (χ1v) is 10.6. The zero-order chi connectivity index (χ0) is 21.0. The molecule has 1 aliphatic carbocycles. The number of carbonyl (C=O) groups is 1. The minimum Gasteiger partial charge on any atom is -0.497 e. The molecule has 0 saturated heterocycles. The van der Waals surface area contributed by atoms with Crippen LogP contribution in [0.15, 0.2) is 72.8 Å². The van der Waals surface area contributed by atoms with Crippen LogP contribution in [0.2, 0.25) is 0 Å². The maximum absolute atomic E-state index is 12.7. The van der Waals surface area contributed by atoms with Gasteiger partial charge in [-0.2, -0.15) is 0 Å². The third kappa shape index (κ3) is 4.40. The molecule has 0 radical (unpaired) electrons. The number of rotatable bonds is 6. The molecule has 0 atom stereocenters. The van der Waals surface area contributed by atoms with Crippen LogP contribution >= 0.6 is 0 Å². The van der Waals surface area contributed by atoms with Crippen molar-refractivity contribution in [2.75, 3.05) is 7.11 Å². The molecule has 4 rings (SSSR count). The zero-order valence-corrected chi connectivity index (χ0v) is 17.7. The highest BCUT2D eigenvalue weighted by atomic mass is 16.5. The monoisotopic (exact) mass is 400 g/mol. The van der Waals surface area contributed by atoms with Crippen molar-refractivity contribution in [2.24, 2.45) is 0 Å². The Hall–Kier alpha value is -3.07. The maximum Gasteiger partial charge on any atom is 0.193 e. The third-order valence-corrected chi connectivity index (χ3v) is 6.21. The highest BCUT2D eigenvalue weighted by Gasteiger charge is 2.28. The average molecular weight is 401 g/mol. The summed E-state index contributed by atoms with van der Waals surface area (Å²) in [6.07, 6.45) is 6.51. The van der Waals surface area contributed by atoms with Crippen LogP contribution < -0.4 is 9.47 Å². The molecule has 0 aromatic heterocycles. The Balaban J connectivity index is 1.42. The molecule has 1 fully saturated rings. The third-order valence-electron chi connectivity index (χ3n) is 6.21. The van der Waals surface area contributed by atoms with Gasteiger partial charge in [-0.1, -0.05) is 38.3 Å². The van der Waals surface area contributed by atoms with Crippen LogP contribution in [0.3, 0.4) is 0 Å². The highest BCUT2D eigenvalue weighted by molar-refractivity contribution is 6.09. The minimum atomic E-state index is -0.0192. The summed E-state index contributed by atoms with van der Waals surface area (Å²) >= 11 is 0. The predicted octanol–water partition coefficient (Wildman–Crippen LogP) is 6.94. The van der Waals surface area contributed by atoms with Crippen LogP contribution in [0.4, 0.5) is 0 Å². The van der Waals surface area contributed by atoms with Crippen LogP contribution in [0.25, 0.3) is 0 Å². The van der Waals surface area contributed by atoms with E-state index in [1.165, 1.54) is 37.7 Å². The summed E-state index contributed by atoms with van der Waals surface area (Å²) in [7, 11) is 1.61. The van der Waals surface area contributed by atoms with E-state index in [1.54, 1.807) is 43.5 Å². The van der Waals surface area contributed by atoms with Gasteiger partial charge in [0.15, 0.2) is 5.78 Å². The van der Waals surface area contributed by atoms with E-state index in [9.17, 15) is 4.79 Å². The number of hydrogen-bond acceptors (Lipinski definition) is 3. The molecule has 0 spiro atoms. The van der Waals surface area contributed by atoms with Crippen molar-refractivity contribution in [3.05, 3.63) is 89.5 Å². The first-order valence-electron chi connectivity index (χ1n) is 10.6. The van der Waals surface area contributed by atoms with Crippen molar-refractivity contribution in [2.45, 2.75) is 44.4 Å². The molecule has 30 heavy (non-hydrogen) atoms. The lowest BCUT2D eigenvalue weighted by molar-refractivity contribution is 0.103. The minimum absolute atomic E-state index is 0.0192. The summed E-state index contributed by atoms with van der Waals surface area (Å²) in [6, 6.07) is 22.9. The van der Waals surface area contributed by atoms with Gasteiger partial charge in [0, 0.05) is 11.1 Å². The Morgan fingerprint density at radius 2 is 1.17 bits per heavy atom. The fourth-order valence-corrected chi connectivity index (χ4v) is 4.27. The molecule has 3 aromatic carbocycles. The lowest BCUT2D eigenvalue weighted by Crippen LogP contribution is -2.24. The zero-order valence-electron chi connectivity index (χ0n) is 17.7. The summed E-state index contributed by atoms with van der Waals surface area (Å²) in [6.45, 7) is 2.38. The lowest BCUT2D eigenvalue weighted by Gasteiger charge is -2.34. The summed E-state index contributed by atoms with van der Waals surface area (Å²) in [4.78, 5) is 12.7. The molecular formula is C27H28O3. The van der Waals surface area contributed by atoms with Crippen LogP contribution in [0, 0.1) is 0 Å². The van der Waals surface area contributed by atoms with E-state index < -0.39 is 0 Å². The maximum atomic E-state index is 12.7. The van der Waals surface area contributed by atoms with E-state index in [-0.39, 0.29) is 5.78 Å². The Labute approximate surface area is 178 Å². The summed E-state index contributed by atoms with van der Waals surface area (Å²) in [5.41, 5.74) is 2.96. The molecule has 0 heterocycles. The van der Waals surface area contributed by atoms with E-state index in [0.29, 0.717) is 16.5 Å². The second-order valence-electron chi connectivity index (χ2n) is 8.33. The molecule has 1 aliphatic rings. The average Bonchev–Trinajstić information content (AvgIpc) is 2.80. The van der Waals surface area contributed by atoms with Crippen LogP contribution in [-0.2, 0) is 5.41 Å². The van der Waals surface area contributed by atoms with Gasteiger partial charge in [-0.3, -0.25) is 4.79 Å². The number of hydrogen-bond donors (Lipinski definition) is 0. The Bertz CT molecular complexity index is 980. The molecule has 0 unspecified atom stereocenters. The normalized spacial score (nSPS) is 15.4. The summed E-state index contributed by atoms with van der Waals surface area (Å²) in [5.74, 6) is 2.25. The van der Waals surface area contributed by atoms with E-state index in [2.05, 4.69) is 19.1 Å². The van der Waals surface area contributed by atoms with Crippen molar-refractivity contribution in [1.82, 2.24) is 0 Å². The van der Waals surface area contributed by atoms with Crippen LogP contribution in [0.5, 0.6) is 17.2 Å². The van der Waals surface area contributed by atoms with E-state index in [1.807, 2.05) is 24.3 Å². The number of benzene rings is 3. The molecule has 0 aliphatic heterocycles. The van der Waals surface area contributed by atoms with Gasteiger partial charge in [0.25, 0.3) is 0 Å². The first kappa shape index (κ1) is 20.2. The van der Waals surface area contributed by atoms with Crippen LogP contribution in [0.1, 0.15) is 60.5 Å². The molecule has 154 valence electrons. The topological polar surface area (TPSA) is 35.5 Å². The van der Waals surface area contributed by atoms with E-state index in [4.69, 9.17) is 9.47 Å². The summed E-state index contributed by atoms with van der Waals surface area (Å²) in [5, 5.41) is 0. The molecule has 1 saturated carbocycles. The van der Waals surface area contributed by atoms with Gasteiger partial charge in [0.1, 0.15) is 17.2 Å². The number of methoxy groups -OCH3 is 1. The van der Waals surface area contributed by atoms with Gasteiger partial charge in [-0.15, -0.1) is 0 Å². The summed E-state index contributed by atoms with van der Waals surface area (Å²) < 4.78 is 11.1. The highest BCUT2D eigenvalue weighted by Crippen LogP contribution is 2.39. The SMILES string of the molecule is COc1ccc(C(=O)c2ccc(Oc3ccc(C4(C)CCCCC4)cc3)cc2)cc1. The molecule has 0 N–H and O–H groups in total. The van der Waals surface area contributed by atoms with Crippen molar-refractivity contribution >= 4 is 5.78 Å². The molecule has 0 amide bonds. The van der Waals surface area contributed by atoms with Crippen molar-refractivity contribution in [1.29, 1.82) is 0 Å². The largest absolute Gasteiger partial charge is 0.497 e. The van der Waals surface area contributed by atoms with E-state index in [0.717, 1.165) is 17.2 Å². The quantitative estimate of drug-likeness (QED) is 0.420. The molecule has 3 nitrogen and oxygen atoms in total. The van der Waals surface area contributed by atoms with Crippen molar-refractivity contribution < 1.29 is 14.3 Å². The number of carbonyl (C=O) groups excluding carboxylic acids is 1. The van der Waals surface area contributed by atoms with Crippen molar-refractivity contribution in [3.63, 3.8) is 0 Å². The Morgan fingerprint density at radius 3 is 1.67 bits per heavy atom. The fraction of sp³-hybridized carbons (Fsp3) is 0.296. The Morgan fingerprint density at radius 1 is 0.700 bits per heavy atom. The van der Waals surface area contributed by atoms with Gasteiger partial charge in [0.2, 0.25) is 0 Å². The molecule has 3 heteroatoms. The van der Waals surface area contributed by atoms with Gasteiger partial charge < -0.3 is 9.47 Å². The van der Waals surface area contributed by atoms with Crippen molar-refractivity contribution in [3.8, 4) is 17.2 Å². The second-order valence-corrected chi connectivity index (χ2v) is 8.33. The number of ether oxygens (including phenoxy) is 2. The first-order chi connectivity index (χ1) is 14.6. The smallest absolute Gasteiger partial charge is 0.193 e. The van der Waals surface area contributed by atoms with Gasteiger partial charge in [-0.25, -0.2) is 0 Å². The number of ketones is 1.